The molecule has 1 fully saturated rings. The number of aryl methyl sites for hydroxylation is 1. The zero-order valence-corrected chi connectivity index (χ0v) is 19.6. The molecule has 0 radical (unpaired) electrons. The van der Waals surface area contributed by atoms with Gasteiger partial charge in [-0.3, -0.25) is 14.5 Å². The number of Topliss-reactive ketones (excluding diaryl/α,β-unsaturated/α-hetero) is 1. The molecule has 2 aromatic carbocycles. The Kier molecular flexibility index (Phi) is 6.29. The Labute approximate surface area is 199 Å². The van der Waals surface area contributed by atoms with Crippen LogP contribution in [0.5, 0.6) is 5.75 Å². The van der Waals surface area contributed by atoms with E-state index in [-0.39, 0.29) is 21.9 Å². The fraction of sp³-hybridized carbons (Fsp3) is 0.167. The van der Waals surface area contributed by atoms with Crippen LogP contribution in [0.25, 0.3) is 5.76 Å². The summed E-state index contributed by atoms with van der Waals surface area (Å²) in [5, 5.41) is 13.8. The number of halogens is 2. The number of thiophene rings is 1. The van der Waals surface area contributed by atoms with Crippen molar-refractivity contribution in [1.82, 2.24) is 0 Å². The summed E-state index contributed by atoms with van der Waals surface area (Å²) in [5.41, 5.74) is 1.47. The minimum Gasteiger partial charge on any atom is -0.507 e. The van der Waals surface area contributed by atoms with E-state index >= 15 is 0 Å². The first kappa shape index (κ1) is 22.4. The van der Waals surface area contributed by atoms with Gasteiger partial charge in [-0.15, -0.1) is 11.3 Å². The Morgan fingerprint density at radius 2 is 1.94 bits per heavy atom. The largest absolute Gasteiger partial charge is 0.507 e. The van der Waals surface area contributed by atoms with Gasteiger partial charge in [0.05, 0.1) is 17.2 Å². The SMILES string of the molecule is CCOc1ccc(Cl)c(/C(O)=C2/C(=O)C(=O)N(c3cc(Cl)ccc3C)C2c2cccs2)c1. The zero-order chi connectivity index (χ0) is 23.0. The lowest BCUT2D eigenvalue weighted by molar-refractivity contribution is -0.132. The molecule has 0 spiro atoms. The number of nitrogens with zero attached hydrogens (tertiary/aromatic N) is 1. The molecule has 1 N–H and O–H groups in total. The van der Waals surface area contributed by atoms with Gasteiger partial charge in [0.1, 0.15) is 17.6 Å². The van der Waals surface area contributed by atoms with E-state index in [1.807, 2.05) is 31.4 Å². The third-order valence-corrected chi connectivity index (χ3v) is 6.68. The number of carbonyl (C=O) groups excluding carboxylic acids is 2. The van der Waals surface area contributed by atoms with Crippen molar-refractivity contribution in [3.63, 3.8) is 0 Å². The molecule has 4 rings (SSSR count). The molecule has 1 aliphatic heterocycles. The highest BCUT2D eigenvalue weighted by Gasteiger charge is 2.48. The Balaban J connectivity index is 1.96. The van der Waals surface area contributed by atoms with Gasteiger partial charge >= 0.3 is 0 Å². The minimum absolute atomic E-state index is 0.0348. The fourth-order valence-electron chi connectivity index (χ4n) is 3.73. The van der Waals surface area contributed by atoms with Crippen molar-refractivity contribution in [3.05, 3.63) is 85.5 Å². The zero-order valence-electron chi connectivity index (χ0n) is 17.3. The average molecular weight is 488 g/mol. The molecule has 0 aliphatic carbocycles. The van der Waals surface area contributed by atoms with Crippen molar-refractivity contribution in [2.24, 2.45) is 0 Å². The summed E-state index contributed by atoms with van der Waals surface area (Å²) < 4.78 is 5.51. The molecule has 1 amide bonds. The monoisotopic (exact) mass is 487 g/mol. The number of ketones is 1. The maximum absolute atomic E-state index is 13.2. The first-order valence-electron chi connectivity index (χ1n) is 9.86. The van der Waals surface area contributed by atoms with Gasteiger partial charge in [0.15, 0.2) is 0 Å². The minimum atomic E-state index is -0.820. The average Bonchev–Trinajstić information content (AvgIpc) is 3.38. The number of aliphatic hydroxyl groups is 1. The quantitative estimate of drug-likeness (QED) is 0.257. The molecule has 1 aliphatic rings. The summed E-state index contributed by atoms with van der Waals surface area (Å²) in [5.74, 6) is -1.40. The van der Waals surface area contributed by atoms with E-state index in [0.717, 1.165) is 10.4 Å². The molecule has 1 unspecified atom stereocenters. The second-order valence-corrected chi connectivity index (χ2v) is 9.01. The van der Waals surface area contributed by atoms with E-state index in [9.17, 15) is 14.7 Å². The third-order valence-electron chi connectivity index (χ3n) is 5.19. The number of carbonyl (C=O) groups is 2. The summed E-state index contributed by atoms with van der Waals surface area (Å²) in [7, 11) is 0. The fourth-order valence-corrected chi connectivity index (χ4v) is 4.92. The molecule has 0 saturated carbocycles. The smallest absolute Gasteiger partial charge is 0.300 e. The van der Waals surface area contributed by atoms with E-state index in [1.54, 1.807) is 36.4 Å². The normalized spacial score (nSPS) is 17.8. The van der Waals surface area contributed by atoms with E-state index in [4.69, 9.17) is 27.9 Å². The molecule has 32 heavy (non-hydrogen) atoms. The molecule has 5 nitrogen and oxygen atoms in total. The van der Waals surface area contributed by atoms with Gasteiger partial charge < -0.3 is 9.84 Å². The van der Waals surface area contributed by atoms with Crippen molar-refractivity contribution in [2.45, 2.75) is 19.9 Å². The highest BCUT2D eigenvalue weighted by Crippen LogP contribution is 2.45. The molecule has 8 heteroatoms. The number of benzene rings is 2. The molecule has 2 heterocycles. The second-order valence-electron chi connectivity index (χ2n) is 7.19. The van der Waals surface area contributed by atoms with Crippen LogP contribution >= 0.6 is 34.5 Å². The van der Waals surface area contributed by atoms with Crippen LogP contribution < -0.4 is 9.64 Å². The number of rotatable bonds is 5. The van der Waals surface area contributed by atoms with E-state index in [1.165, 1.54) is 16.2 Å². The number of ether oxygens (including phenoxy) is 1. The van der Waals surface area contributed by atoms with Crippen molar-refractivity contribution in [1.29, 1.82) is 0 Å². The van der Waals surface area contributed by atoms with Crippen LogP contribution in [0.3, 0.4) is 0 Å². The lowest BCUT2D eigenvalue weighted by Gasteiger charge is -2.26. The first-order chi connectivity index (χ1) is 15.3. The van der Waals surface area contributed by atoms with Gasteiger partial charge in [0.25, 0.3) is 11.7 Å². The molecule has 1 atom stereocenters. The first-order valence-corrected chi connectivity index (χ1v) is 11.5. The van der Waals surface area contributed by atoms with E-state index in [0.29, 0.717) is 23.1 Å². The van der Waals surface area contributed by atoms with Gasteiger partial charge in [-0.2, -0.15) is 0 Å². The molecule has 164 valence electrons. The molecular weight excluding hydrogens is 469 g/mol. The topological polar surface area (TPSA) is 66.8 Å². The molecule has 1 saturated heterocycles. The van der Waals surface area contributed by atoms with Gasteiger partial charge in [-0.05, 0) is 61.2 Å². The summed E-state index contributed by atoms with van der Waals surface area (Å²) in [6.07, 6.45) is 0. The predicted molar refractivity (Wildman–Crippen MR) is 128 cm³/mol. The van der Waals surface area contributed by atoms with Crippen LogP contribution in [-0.4, -0.2) is 23.4 Å². The van der Waals surface area contributed by atoms with Crippen molar-refractivity contribution < 1.29 is 19.4 Å². The highest BCUT2D eigenvalue weighted by atomic mass is 35.5. The summed E-state index contributed by atoms with van der Waals surface area (Å²) in [4.78, 5) is 28.5. The van der Waals surface area contributed by atoms with Gasteiger partial charge in [0.2, 0.25) is 0 Å². The third kappa shape index (κ3) is 3.90. The van der Waals surface area contributed by atoms with Crippen molar-refractivity contribution in [3.8, 4) is 5.75 Å². The molecular formula is C24H19Cl2NO4S. The van der Waals surface area contributed by atoms with Crippen LogP contribution in [-0.2, 0) is 9.59 Å². The van der Waals surface area contributed by atoms with E-state index in [2.05, 4.69) is 0 Å². The van der Waals surface area contributed by atoms with Gasteiger partial charge in [-0.25, -0.2) is 0 Å². The standard InChI is InChI=1S/C24H19Cl2NO4S/c1-3-31-15-8-9-17(26)16(12-15)22(28)20-21(19-5-4-10-32-19)27(24(30)23(20)29)18-11-14(25)7-6-13(18)2/h4-12,21,28H,3H2,1-2H3/b22-20-. The second kappa shape index (κ2) is 8.98. The Morgan fingerprint density at radius 3 is 2.62 bits per heavy atom. The Morgan fingerprint density at radius 1 is 1.16 bits per heavy atom. The summed E-state index contributed by atoms with van der Waals surface area (Å²) in [6, 6.07) is 12.8. The number of hydrogen-bond acceptors (Lipinski definition) is 5. The summed E-state index contributed by atoms with van der Waals surface area (Å²) >= 11 is 13.9. The number of anilines is 1. The maximum atomic E-state index is 13.2. The molecule has 0 bridgehead atoms. The lowest BCUT2D eigenvalue weighted by Crippen LogP contribution is -2.29. The van der Waals surface area contributed by atoms with Gasteiger partial charge in [0, 0.05) is 21.2 Å². The Hall–Kier alpha value is -2.80. The number of amides is 1. The lowest BCUT2D eigenvalue weighted by atomic mass is 9.99. The Bertz CT molecular complexity index is 1240. The van der Waals surface area contributed by atoms with Crippen LogP contribution in [0.15, 0.2) is 59.5 Å². The summed E-state index contributed by atoms with van der Waals surface area (Å²) in [6.45, 7) is 4.10. The van der Waals surface area contributed by atoms with Crippen LogP contribution in [0.4, 0.5) is 5.69 Å². The predicted octanol–water partition coefficient (Wildman–Crippen LogP) is 6.39. The number of hydrogen-bond donors (Lipinski definition) is 1. The van der Waals surface area contributed by atoms with Crippen LogP contribution in [0, 0.1) is 6.92 Å². The van der Waals surface area contributed by atoms with Gasteiger partial charge in [-0.1, -0.05) is 35.3 Å². The molecule has 1 aromatic heterocycles. The highest BCUT2D eigenvalue weighted by molar-refractivity contribution is 7.10. The molecule has 3 aromatic rings. The van der Waals surface area contributed by atoms with Crippen molar-refractivity contribution in [2.75, 3.05) is 11.5 Å². The van der Waals surface area contributed by atoms with Crippen LogP contribution in [0.1, 0.15) is 29.0 Å². The number of aliphatic hydroxyl groups excluding tert-OH is 1. The maximum Gasteiger partial charge on any atom is 0.300 e. The van der Waals surface area contributed by atoms with Crippen molar-refractivity contribution >= 4 is 57.7 Å². The van der Waals surface area contributed by atoms with E-state index < -0.39 is 17.7 Å². The van der Waals surface area contributed by atoms with Crippen LogP contribution in [0.2, 0.25) is 10.0 Å².